The molecule has 7 aromatic rings. The number of hydrogen-bond donors (Lipinski definition) is 13. The number of ketones is 2. The van der Waals surface area contributed by atoms with Crippen molar-refractivity contribution in [3.8, 4) is 40.2 Å². The first-order chi connectivity index (χ1) is 54.4. The molecule has 0 aromatic heterocycles. The number of nitro benzene ring substituents is 5. The van der Waals surface area contributed by atoms with Crippen LogP contribution in [0.15, 0.2) is 127 Å². The number of non-ortho nitro benzene ring substituents is 5. The number of ether oxygens (including phenoxy) is 8. The summed E-state index contributed by atoms with van der Waals surface area (Å²) in [4.78, 5) is 130. The third-order valence-electron chi connectivity index (χ3n) is 14.7. The van der Waals surface area contributed by atoms with Crippen LogP contribution in [0.25, 0.3) is 0 Å². The Morgan fingerprint density at radius 1 is 0.513 bits per heavy atom. The number of aliphatic hydroxyl groups excluding tert-OH is 1. The maximum Gasteiger partial charge on any atom is 1.00 e. The number of rotatable bonds is 22. The number of nitro groups is 5. The number of aliphatic hydroxyl groups is 1. The number of carboxylic acids is 2. The van der Waals surface area contributed by atoms with E-state index < -0.39 is 75.4 Å². The number of Topliss-reactive ketones (excluding diaryl/α,β-unsaturated/α-hetero) is 2. The van der Waals surface area contributed by atoms with Gasteiger partial charge in [-0.2, -0.15) is 0 Å². The van der Waals surface area contributed by atoms with Crippen molar-refractivity contribution in [2.24, 2.45) is 5.73 Å². The Labute approximate surface area is 689 Å². The van der Waals surface area contributed by atoms with Crippen LogP contribution in [0.1, 0.15) is 99.6 Å². The number of likely N-dealkylation sites (N-methyl/N-ethyl adjacent to an activating group) is 1. The zero-order valence-corrected chi connectivity index (χ0v) is 65.7. The number of phenolic OH excluding ortho intramolecular Hbond substituents is 1. The maximum atomic E-state index is 11.8. The Bertz CT molecular complexity index is 4560. The van der Waals surface area contributed by atoms with Gasteiger partial charge in [-0.15, -0.1) is 0 Å². The number of aromatic carboxylic acids is 2. The third-order valence-corrected chi connectivity index (χ3v) is 14.7. The van der Waals surface area contributed by atoms with E-state index in [1.165, 1.54) is 51.1 Å². The average Bonchev–Trinajstić information content (AvgIpc) is 1.81. The number of methoxy groups -OCH3 is 2. The molecule has 0 radical (unpaired) electrons. The molecule has 3 aliphatic rings. The van der Waals surface area contributed by atoms with Crippen LogP contribution in [0.3, 0.4) is 0 Å². The van der Waals surface area contributed by atoms with Crippen molar-refractivity contribution < 1.29 is 168 Å². The molecule has 45 nitrogen and oxygen atoms in total. The van der Waals surface area contributed by atoms with E-state index in [-0.39, 0.29) is 149 Å². The zero-order chi connectivity index (χ0) is 86.2. The van der Waals surface area contributed by atoms with Gasteiger partial charge in [0.15, 0.2) is 11.6 Å². The molecule has 1 amide bonds. The van der Waals surface area contributed by atoms with Crippen molar-refractivity contribution in [3.05, 3.63) is 217 Å². The van der Waals surface area contributed by atoms with E-state index in [1.54, 1.807) is 55.2 Å². The molecule has 0 aliphatic carbocycles. The number of anilines is 2. The average molecular weight is 1650 g/mol. The molecule has 7 aromatic carbocycles. The van der Waals surface area contributed by atoms with Crippen molar-refractivity contribution in [2.45, 2.75) is 46.2 Å². The van der Waals surface area contributed by atoms with Crippen LogP contribution in [0.5, 0.6) is 40.2 Å². The van der Waals surface area contributed by atoms with Gasteiger partial charge in [0.05, 0.1) is 112 Å². The summed E-state index contributed by atoms with van der Waals surface area (Å²) < 4.78 is 40.0. The number of hydrogen-bond acceptors (Lipinski definition) is 37. The number of nitrogens with one attached hydrogen (secondary N) is 3. The predicted molar refractivity (Wildman–Crippen MR) is 414 cm³/mol. The van der Waals surface area contributed by atoms with Crippen LogP contribution in [0, 0.1) is 50.6 Å². The van der Waals surface area contributed by atoms with Gasteiger partial charge in [0.2, 0.25) is 0 Å². The second-order valence-corrected chi connectivity index (χ2v) is 23.1. The van der Waals surface area contributed by atoms with Crippen LogP contribution in [0.2, 0.25) is 20.5 Å². The Hall–Kier alpha value is -12.7. The summed E-state index contributed by atoms with van der Waals surface area (Å²) in [7, 11) is 1.96. The number of fused-ring (bicyclic) bond motifs is 3. The van der Waals surface area contributed by atoms with Crippen LogP contribution >= 0.6 is 0 Å². The number of nitrogens with two attached hydrogens (primary N) is 3. The monoisotopic (exact) mass is 1650 g/mol. The summed E-state index contributed by atoms with van der Waals surface area (Å²) in [5, 5.41) is 121. The van der Waals surface area contributed by atoms with Crippen LogP contribution < -0.4 is 90.9 Å². The van der Waals surface area contributed by atoms with E-state index in [4.69, 9.17) is 76.0 Å². The summed E-state index contributed by atoms with van der Waals surface area (Å²) in [6.07, 6.45) is 2.44. The Balaban J connectivity index is 0.00000133. The Kier molecular flexibility index (Phi) is 46.0. The molecule has 0 saturated heterocycles. The molecule has 3 heterocycles. The molecule has 0 saturated carbocycles. The van der Waals surface area contributed by atoms with Gasteiger partial charge in [-0.3, -0.25) is 81.1 Å². The smallest absolute Gasteiger partial charge is 0.870 e. The first-order valence-corrected chi connectivity index (χ1v) is 33.6. The number of benzene rings is 7. The number of carbonyl (C=O) groups is 7. The van der Waals surface area contributed by atoms with E-state index in [9.17, 15) is 89.2 Å². The van der Waals surface area contributed by atoms with Crippen LogP contribution in [-0.2, 0) is 9.47 Å². The van der Waals surface area contributed by atoms with Crippen LogP contribution in [-0.4, -0.2) is 214 Å². The van der Waals surface area contributed by atoms with Crippen LogP contribution in [0.4, 0.5) is 39.8 Å². The number of esters is 2. The fourth-order valence-corrected chi connectivity index (χ4v) is 9.02. The first-order valence-electron chi connectivity index (χ1n) is 33.6. The van der Waals surface area contributed by atoms with Gasteiger partial charge in [0, 0.05) is 81.7 Å². The molecule has 0 fully saturated rings. The third kappa shape index (κ3) is 35.3. The van der Waals surface area contributed by atoms with Crippen molar-refractivity contribution in [1.29, 1.82) is 0 Å². The number of amides is 1. The molecule has 0 spiro atoms. The maximum absolute atomic E-state index is 11.8. The summed E-state index contributed by atoms with van der Waals surface area (Å²) in [6.45, 7) is 6.70. The van der Waals surface area contributed by atoms with Crippen molar-refractivity contribution in [1.82, 2.24) is 20.6 Å². The number of carbonyl (C=O) groups excluding carboxylic acids is 5. The van der Waals surface area contributed by atoms with E-state index in [2.05, 4.69) is 25.2 Å². The number of nitrogens with zero attached hydrogens (tertiary/aromatic N) is 6. The molecule has 0 atom stereocenters. The summed E-state index contributed by atoms with van der Waals surface area (Å²) >= 11 is 0. The Morgan fingerprint density at radius 3 is 1.24 bits per heavy atom. The normalized spacial score (nSPS) is 11.6. The molecule has 0 unspecified atom stereocenters. The van der Waals surface area contributed by atoms with Gasteiger partial charge in [0.1, 0.15) is 89.3 Å². The van der Waals surface area contributed by atoms with Crippen molar-refractivity contribution in [3.63, 3.8) is 0 Å². The molecule has 17 N–H and O–H groups in total. The number of aromatic hydroxyl groups is 1. The fourth-order valence-electron chi connectivity index (χ4n) is 9.02. The Morgan fingerprint density at radius 2 is 0.855 bits per heavy atom. The van der Waals surface area contributed by atoms with Gasteiger partial charge in [0.25, 0.3) is 34.3 Å². The quantitative estimate of drug-likeness (QED) is 0.0116. The minimum atomic E-state index is -1.25. The van der Waals surface area contributed by atoms with E-state index in [0.29, 0.717) is 97.5 Å². The molecule has 10 rings (SSSR count). The van der Waals surface area contributed by atoms with Crippen molar-refractivity contribution >= 4 is 102 Å². The standard InChI is InChI=1S/C10H13BN2O6.C10H12N2O2.C10H9NO4.C10H11NO2.C9H11BN2O6.C8H8N2O5.C8H7NO5.C3H10BNO2.Na.H2O.H2/c1-11(15)12-6-19-9-5-7(13(16)17)3-4-8(9)10(14)18-2;1-12-4-5-14-9-6-7(11)2-3-8(9)10(12)13;12-9-2-1-5-15-10-6-7(11(13)14)3-4-8(9)10;11-7-3-4-8-9(12)2-1-5-13-10(8)6-7;1-10(15)11-5-18-8-4-6(12(16)17)2-3-7(8)9(13)14;9-4-15-7-3-5(10(13)14)1-2-6(7)8(11)12;1-14-8(11)6-3-2-5(9(12)13)4-7(6)10;1-4(7)5-2-3-6;;;/h3-5,12,15H,6H2,1-2H3;2-3,6H,4-5,11H2,1H3;3-4,6H,1-2,5H2;3-4,6H,1-2,5,11H2;2-4,11,15H,5H2,1H3,(H,13,14);1-3H,4,9H2,(H,11,12);2-4,10H,1H3;5-7H,2-3H2,1H3;;1H2;1H/q;;;;;;;;+1;;/p-1. The first kappa shape index (κ1) is 102. The number of phenols is 1. The molecule has 117 heavy (non-hydrogen) atoms. The predicted octanol–water partition coefficient (Wildman–Crippen LogP) is 2.48. The second-order valence-electron chi connectivity index (χ2n) is 23.1. The summed E-state index contributed by atoms with van der Waals surface area (Å²) in [6, 6.07) is 27.5. The summed E-state index contributed by atoms with van der Waals surface area (Å²) in [5.74, 6) is -2.94. The van der Waals surface area contributed by atoms with Gasteiger partial charge in [-0.05, 0) is 87.9 Å². The molecule has 49 heteroatoms. The topological polar surface area (TPSA) is 698 Å². The van der Waals surface area contributed by atoms with Gasteiger partial charge < -0.3 is 100 Å². The summed E-state index contributed by atoms with van der Waals surface area (Å²) in [5.41, 5.74) is 17.8. The van der Waals surface area contributed by atoms with Gasteiger partial charge >= 0.3 is 74.6 Å². The SMILES string of the molecule is CB(O)NCCO.CB(O)NCOc1cc([N+](=O)[O-])ccc1C(=O)O.CN1CCOc2cc(N)ccc2C1=O.COC(=O)c1ccc([N+](=O)[O-])cc1O.COC(=O)c1ccc([N+](=O)[O-])cc1OCNB(C)O.NCOc1cc([N+](=O)[O-])ccc1C(=O)O.Nc1ccc2c(c1)OCCCC2=O.O=C1CCCOc2cc([N+](=O)[O-])ccc21.[HH].[Na+].[OH-]. The fraction of sp³-hybridized carbons (Fsp3) is 0.279. The largest absolute Gasteiger partial charge is 1.00 e. The minimum absolute atomic E-state index is 0. The second kappa shape index (κ2) is 52.6. The van der Waals surface area contributed by atoms with E-state index in [1.807, 2.05) is 0 Å². The van der Waals surface area contributed by atoms with E-state index in [0.717, 1.165) is 74.2 Å². The molecular formula is C68H84B3N12NaO33. The molecular weight excluding hydrogens is 1570 g/mol. The molecule has 624 valence electrons. The van der Waals surface area contributed by atoms with Gasteiger partial charge in [-0.1, -0.05) is 0 Å². The van der Waals surface area contributed by atoms with E-state index >= 15 is 0 Å². The number of carboxylic acid groups (broad SMARTS) is 2. The zero-order valence-electron chi connectivity index (χ0n) is 63.7. The molecule has 3 aliphatic heterocycles. The number of nitrogen functional groups attached to an aromatic ring is 2. The molecule has 0 bridgehead atoms. The van der Waals surface area contributed by atoms with Crippen molar-refractivity contribution in [2.75, 3.05) is 92.4 Å². The minimum Gasteiger partial charge on any atom is -0.870 e. The van der Waals surface area contributed by atoms with Gasteiger partial charge in [-0.25, -0.2) is 19.2 Å².